The Morgan fingerprint density at radius 2 is 1.61 bits per heavy atom. The van der Waals surface area contributed by atoms with Crippen LogP contribution in [0.4, 0.5) is 5.69 Å². The Bertz CT molecular complexity index is 989. The number of ether oxygens (including phenoxy) is 1. The summed E-state index contributed by atoms with van der Waals surface area (Å²) >= 11 is 5.72. The number of nitrogens with one attached hydrogen (secondary N) is 1. The maximum atomic E-state index is 5.72. The molecule has 0 saturated carbocycles. The first kappa shape index (κ1) is 18.2. The van der Waals surface area contributed by atoms with Crippen LogP contribution >= 0.6 is 12.2 Å². The number of hydrogen-bond donors (Lipinski definition) is 1. The molecular weight excluding hydrogens is 366 g/mol. The first-order valence-corrected chi connectivity index (χ1v) is 9.58. The van der Waals surface area contributed by atoms with E-state index in [0.29, 0.717) is 5.11 Å². The van der Waals surface area contributed by atoms with Gasteiger partial charge in [-0.2, -0.15) is 5.10 Å². The smallest absolute Gasteiger partial charge is 0.194 e. The standard InChI is InChI=1S/C23H21N3OS/c1-27-22-15-9-8-14-19(22)21-16-20(17-10-4-2-5-11-17)25-26(21)23(28)24-18-12-6-3-7-13-18/h2-15,21H,16H2,1H3,(H,24,28)/t21-/m1/s1. The third-order valence-electron chi connectivity index (χ3n) is 4.75. The van der Waals surface area contributed by atoms with Crippen LogP contribution in [0, 0.1) is 0 Å². The number of hydrogen-bond acceptors (Lipinski definition) is 3. The van der Waals surface area contributed by atoms with E-state index < -0.39 is 0 Å². The molecule has 0 aliphatic carbocycles. The maximum absolute atomic E-state index is 5.72. The van der Waals surface area contributed by atoms with Gasteiger partial charge >= 0.3 is 0 Å². The second-order valence-corrected chi connectivity index (χ2v) is 6.90. The predicted molar refractivity (Wildman–Crippen MR) is 118 cm³/mol. The number of rotatable bonds is 4. The second-order valence-electron chi connectivity index (χ2n) is 6.52. The Morgan fingerprint density at radius 3 is 2.32 bits per heavy atom. The summed E-state index contributed by atoms with van der Waals surface area (Å²) in [4.78, 5) is 0. The lowest BCUT2D eigenvalue weighted by Crippen LogP contribution is -2.31. The lowest BCUT2D eigenvalue weighted by atomic mass is 9.98. The number of nitrogens with zero attached hydrogens (tertiary/aromatic N) is 2. The van der Waals surface area contributed by atoms with E-state index in [1.54, 1.807) is 7.11 Å². The molecule has 3 aromatic carbocycles. The van der Waals surface area contributed by atoms with E-state index in [2.05, 4.69) is 23.5 Å². The van der Waals surface area contributed by atoms with Crippen molar-refractivity contribution in [3.63, 3.8) is 0 Å². The molecule has 0 bridgehead atoms. The Hall–Kier alpha value is -3.18. The van der Waals surface area contributed by atoms with Gasteiger partial charge < -0.3 is 10.1 Å². The van der Waals surface area contributed by atoms with Gasteiger partial charge in [0.1, 0.15) is 5.75 Å². The van der Waals surface area contributed by atoms with Crippen molar-refractivity contribution in [2.45, 2.75) is 12.5 Å². The van der Waals surface area contributed by atoms with Crippen LogP contribution in [-0.4, -0.2) is 22.9 Å². The highest BCUT2D eigenvalue weighted by Gasteiger charge is 2.33. The number of thiocarbonyl (C=S) groups is 1. The van der Waals surface area contributed by atoms with Crippen LogP contribution in [0.5, 0.6) is 5.75 Å². The third-order valence-corrected chi connectivity index (χ3v) is 5.04. The molecule has 3 aromatic rings. The maximum Gasteiger partial charge on any atom is 0.194 e. The van der Waals surface area contributed by atoms with Gasteiger partial charge in [0.15, 0.2) is 5.11 Å². The third kappa shape index (κ3) is 3.75. The summed E-state index contributed by atoms with van der Waals surface area (Å²) in [5.41, 5.74) is 4.12. The molecule has 0 fully saturated rings. The van der Waals surface area contributed by atoms with Gasteiger partial charge in [0.05, 0.1) is 18.9 Å². The zero-order valence-corrected chi connectivity index (χ0v) is 16.4. The summed E-state index contributed by atoms with van der Waals surface area (Å²) in [5, 5.41) is 10.6. The molecular formula is C23H21N3OS. The lowest BCUT2D eigenvalue weighted by Gasteiger charge is -2.26. The molecule has 28 heavy (non-hydrogen) atoms. The molecule has 5 heteroatoms. The van der Waals surface area contributed by atoms with Gasteiger partial charge in [-0.3, -0.25) is 0 Å². The molecule has 0 radical (unpaired) electrons. The molecule has 4 rings (SSSR count). The Balaban J connectivity index is 1.69. The van der Waals surface area contributed by atoms with Crippen molar-refractivity contribution in [3.05, 3.63) is 96.1 Å². The Labute approximate surface area is 170 Å². The fourth-order valence-corrected chi connectivity index (χ4v) is 3.67. The fourth-order valence-electron chi connectivity index (χ4n) is 3.39. The van der Waals surface area contributed by atoms with E-state index in [1.807, 2.05) is 71.7 Å². The van der Waals surface area contributed by atoms with Gasteiger partial charge in [-0.15, -0.1) is 0 Å². The van der Waals surface area contributed by atoms with E-state index in [1.165, 1.54) is 0 Å². The molecule has 1 heterocycles. The van der Waals surface area contributed by atoms with E-state index in [0.717, 1.165) is 34.7 Å². The first-order chi connectivity index (χ1) is 13.8. The highest BCUT2D eigenvalue weighted by molar-refractivity contribution is 7.80. The van der Waals surface area contributed by atoms with Crippen LogP contribution in [0.3, 0.4) is 0 Å². The highest BCUT2D eigenvalue weighted by atomic mass is 32.1. The lowest BCUT2D eigenvalue weighted by molar-refractivity contribution is 0.350. The Morgan fingerprint density at radius 1 is 0.964 bits per heavy atom. The van der Waals surface area contributed by atoms with Gasteiger partial charge in [-0.25, -0.2) is 5.01 Å². The molecule has 0 spiro atoms. The average molecular weight is 388 g/mol. The first-order valence-electron chi connectivity index (χ1n) is 9.17. The summed E-state index contributed by atoms with van der Waals surface area (Å²) in [6.07, 6.45) is 0.751. The van der Waals surface area contributed by atoms with Crippen molar-refractivity contribution >= 4 is 28.7 Å². The predicted octanol–water partition coefficient (Wildman–Crippen LogP) is 5.24. The minimum absolute atomic E-state index is 0.0323. The summed E-state index contributed by atoms with van der Waals surface area (Å²) < 4.78 is 5.60. The van der Waals surface area contributed by atoms with Crippen LogP contribution in [0.1, 0.15) is 23.6 Å². The molecule has 0 unspecified atom stereocenters. The fraction of sp³-hybridized carbons (Fsp3) is 0.130. The van der Waals surface area contributed by atoms with E-state index in [4.69, 9.17) is 22.1 Å². The normalized spacial score (nSPS) is 15.8. The number of methoxy groups -OCH3 is 1. The SMILES string of the molecule is COc1ccccc1[C@H]1CC(c2ccccc2)=NN1C(=S)Nc1ccccc1. The molecule has 1 atom stereocenters. The molecule has 1 N–H and O–H groups in total. The Kier molecular flexibility index (Phi) is 5.35. The quantitative estimate of drug-likeness (QED) is 0.621. The van der Waals surface area contributed by atoms with Crippen LogP contribution in [0.2, 0.25) is 0 Å². The summed E-state index contributed by atoms with van der Waals surface area (Å²) in [7, 11) is 1.69. The minimum atomic E-state index is -0.0323. The van der Waals surface area contributed by atoms with Gasteiger partial charge in [0, 0.05) is 17.7 Å². The van der Waals surface area contributed by atoms with Crippen molar-refractivity contribution in [2.24, 2.45) is 5.10 Å². The summed E-state index contributed by atoms with van der Waals surface area (Å²) in [5.74, 6) is 0.838. The highest BCUT2D eigenvalue weighted by Crippen LogP contribution is 2.37. The number of hydrazone groups is 1. The largest absolute Gasteiger partial charge is 0.496 e. The van der Waals surface area contributed by atoms with E-state index in [-0.39, 0.29) is 6.04 Å². The average Bonchev–Trinajstić information content (AvgIpc) is 3.20. The molecule has 4 nitrogen and oxygen atoms in total. The van der Waals surface area contributed by atoms with Crippen molar-refractivity contribution in [1.82, 2.24) is 5.01 Å². The zero-order valence-electron chi connectivity index (χ0n) is 15.6. The zero-order chi connectivity index (χ0) is 19.3. The van der Waals surface area contributed by atoms with E-state index >= 15 is 0 Å². The molecule has 0 amide bonds. The van der Waals surface area contributed by atoms with Crippen LogP contribution in [0.25, 0.3) is 0 Å². The number of anilines is 1. The molecule has 0 aromatic heterocycles. The van der Waals surface area contributed by atoms with Gasteiger partial charge in [0.2, 0.25) is 0 Å². The summed E-state index contributed by atoms with van der Waals surface area (Å²) in [6, 6.07) is 28.1. The van der Waals surface area contributed by atoms with Gasteiger partial charge in [-0.1, -0.05) is 66.7 Å². The van der Waals surface area contributed by atoms with Crippen LogP contribution in [-0.2, 0) is 0 Å². The molecule has 1 aliphatic heterocycles. The van der Waals surface area contributed by atoms with Crippen LogP contribution < -0.4 is 10.1 Å². The van der Waals surface area contributed by atoms with Crippen molar-refractivity contribution in [3.8, 4) is 5.75 Å². The summed E-state index contributed by atoms with van der Waals surface area (Å²) in [6.45, 7) is 0. The minimum Gasteiger partial charge on any atom is -0.496 e. The van der Waals surface area contributed by atoms with Crippen LogP contribution in [0.15, 0.2) is 90.0 Å². The molecule has 1 aliphatic rings. The van der Waals surface area contributed by atoms with Gasteiger partial charge in [-0.05, 0) is 36.0 Å². The van der Waals surface area contributed by atoms with Crippen molar-refractivity contribution in [2.75, 3.05) is 12.4 Å². The number of para-hydroxylation sites is 2. The monoisotopic (exact) mass is 387 g/mol. The topological polar surface area (TPSA) is 36.9 Å². The second kappa shape index (κ2) is 8.23. The van der Waals surface area contributed by atoms with Crippen molar-refractivity contribution < 1.29 is 4.74 Å². The molecule has 0 saturated heterocycles. The number of benzene rings is 3. The van der Waals surface area contributed by atoms with E-state index in [9.17, 15) is 0 Å². The molecule has 140 valence electrons. The van der Waals surface area contributed by atoms with Gasteiger partial charge in [0.25, 0.3) is 0 Å². The van der Waals surface area contributed by atoms with Crippen molar-refractivity contribution in [1.29, 1.82) is 0 Å².